The smallest absolute Gasteiger partial charge is 0.345 e. The lowest BCUT2D eigenvalue weighted by molar-refractivity contribution is 0.0702. The molecule has 2 aromatic rings. The molecule has 0 radical (unpaired) electrons. The maximum absolute atomic E-state index is 11.6. The second-order valence-electron chi connectivity index (χ2n) is 3.86. The van der Waals surface area contributed by atoms with Crippen molar-refractivity contribution in [1.29, 1.82) is 0 Å². The van der Waals surface area contributed by atoms with Gasteiger partial charge in [0.25, 0.3) is 5.56 Å². The zero-order valence-electron chi connectivity index (χ0n) is 9.77. The van der Waals surface area contributed by atoms with Crippen LogP contribution in [0.5, 0.6) is 0 Å². The van der Waals surface area contributed by atoms with E-state index in [4.69, 9.17) is 5.11 Å². The van der Waals surface area contributed by atoms with Gasteiger partial charge in [0.15, 0.2) is 0 Å². The van der Waals surface area contributed by atoms with Gasteiger partial charge in [0.2, 0.25) is 0 Å². The molecule has 0 unspecified atom stereocenters. The highest BCUT2D eigenvalue weighted by atomic mass is 79.9. The molecule has 2 N–H and O–H groups in total. The van der Waals surface area contributed by atoms with Crippen LogP contribution in [0.25, 0.3) is 0 Å². The Morgan fingerprint density at radius 2 is 2.21 bits per heavy atom. The Balaban J connectivity index is 2.42. The fourth-order valence-electron chi connectivity index (χ4n) is 1.57. The Morgan fingerprint density at radius 1 is 1.53 bits per heavy atom. The first-order valence-electron chi connectivity index (χ1n) is 5.20. The first-order valence-corrected chi connectivity index (χ1v) is 6.81. The highest BCUT2D eigenvalue weighted by molar-refractivity contribution is 9.10. The first kappa shape index (κ1) is 13.8. The Morgan fingerprint density at radius 3 is 2.79 bits per heavy atom. The van der Waals surface area contributed by atoms with Crippen molar-refractivity contribution >= 4 is 33.2 Å². The van der Waals surface area contributed by atoms with Crippen molar-refractivity contribution in [3.05, 3.63) is 52.9 Å². The van der Waals surface area contributed by atoms with Crippen LogP contribution in [-0.4, -0.2) is 20.6 Å². The largest absolute Gasteiger partial charge is 0.477 e. The van der Waals surface area contributed by atoms with Crippen molar-refractivity contribution in [1.82, 2.24) is 9.55 Å². The number of carboxylic acid groups (broad SMARTS) is 1. The lowest BCUT2D eigenvalue weighted by Gasteiger charge is -2.04. The third-order valence-corrected chi connectivity index (χ3v) is 4.19. The van der Waals surface area contributed by atoms with Gasteiger partial charge in [0.1, 0.15) is 4.88 Å². The van der Waals surface area contributed by atoms with E-state index in [0.717, 1.165) is 21.8 Å². The average Bonchev–Trinajstić information content (AvgIpc) is 2.68. The molecule has 0 amide bonds. The summed E-state index contributed by atoms with van der Waals surface area (Å²) in [5, 5.41) is 8.91. The minimum Gasteiger partial charge on any atom is -0.477 e. The summed E-state index contributed by atoms with van der Waals surface area (Å²) in [7, 11) is 0. The monoisotopic (exact) mass is 344 g/mol. The number of rotatable bonds is 3. The van der Waals surface area contributed by atoms with Crippen LogP contribution in [0.4, 0.5) is 0 Å². The number of hydrogen-bond acceptors (Lipinski definition) is 4. The van der Waals surface area contributed by atoms with E-state index in [0.29, 0.717) is 0 Å². The van der Waals surface area contributed by atoms with Gasteiger partial charge in [-0.25, -0.2) is 9.59 Å². The minimum absolute atomic E-state index is 0.212. The van der Waals surface area contributed by atoms with E-state index >= 15 is 0 Å². The van der Waals surface area contributed by atoms with Crippen molar-refractivity contribution < 1.29 is 9.90 Å². The Labute approximate surface area is 119 Å². The summed E-state index contributed by atoms with van der Waals surface area (Å²) in [5.41, 5.74) is -0.284. The number of aromatic nitrogens is 2. The van der Waals surface area contributed by atoms with Crippen molar-refractivity contribution in [2.45, 2.75) is 13.5 Å². The molecule has 0 aliphatic rings. The molecule has 19 heavy (non-hydrogen) atoms. The van der Waals surface area contributed by atoms with Crippen LogP contribution in [0.1, 0.15) is 20.1 Å². The molecule has 0 aliphatic carbocycles. The van der Waals surface area contributed by atoms with E-state index in [9.17, 15) is 14.4 Å². The molecule has 0 aromatic carbocycles. The zero-order chi connectivity index (χ0) is 14.2. The number of aryl methyl sites for hydroxylation is 1. The normalized spacial score (nSPS) is 10.6. The number of hydrogen-bond donors (Lipinski definition) is 2. The summed E-state index contributed by atoms with van der Waals surface area (Å²) in [5.74, 6) is -0.991. The maximum Gasteiger partial charge on any atom is 0.345 e. The number of thiophene rings is 1. The first-order chi connectivity index (χ1) is 8.88. The fourth-order valence-corrected chi connectivity index (χ4v) is 2.79. The van der Waals surface area contributed by atoms with Gasteiger partial charge in [-0.05, 0) is 34.5 Å². The van der Waals surface area contributed by atoms with E-state index in [1.54, 1.807) is 6.92 Å². The van der Waals surface area contributed by atoms with Gasteiger partial charge >= 0.3 is 11.7 Å². The highest BCUT2D eigenvalue weighted by Crippen LogP contribution is 2.22. The van der Waals surface area contributed by atoms with Crippen LogP contribution in [0.3, 0.4) is 0 Å². The third-order valence-electron chi connectivity index (χ3n) is 2.54. The molecular formula is C11H9BrN2O4S. The van der Waals surface area contributed by atoms with Crippen LogP contribution < -0.4 is 11.2 Å². The second-order valence-corrected chi connectivity index (χ2v) is 5.97. The molecule has 0 saturated heterocycles. The summed E-state index contributed by atoms with van der Waals surface area (Å²) in [6, 6.07) is 1.54. The number of nitrogens with one attached hydrogen (secondary N) is 1. The fraction of sp³-hybridized carbons (Fsp3) is 0.182. The molecule has 2 heterocycles. The van der Waals surface area contributed by atoms with Crippen LogP contribution >= 0.6 is 27.3 Å². The summed E-state index contributed by atoms with van der Waals surface area (Å²) in [4.78, 5) is 36.9. The quantitative estimate of drug-likeness (QED) is 0.880. The van der Waals surface area contributed by atoms with E-state index in [1.807, 2.05) is 0 Å². The lowest BCUT2D eigenvalue weighted by atomic mass is 10.2. The molecule has 0 atom stereocenters. The van der Waals surface area contributed by atoms with Crippen molar-refractivity contribution in [3.63, 3.8) is 0 Å². The molecule has 0 bridgehead atoms. The van der Waals surface area contributed by atoms with Gasteiger partial charge in [-0.3, -0.25) is 14.3 Å². The molecule has 8 heteroatoms. The molecule has 2 aromatic heterocycles. The zero-order valence-corrected chi connectivity index (χ0v) is 12.2. The number of aromatic amines is 1. The number of H-pyrrole nitrogens is 1. The average molecular weight is 345 g/mol. The Hall–Kier alpha value is -1.67. The minimum atomic E-state index is -0.991. The molecule has 2 rings (SSSR count). The molecule has 0 saturated carbocycles. The van der Waals surface area contributed by atoms with Crippen molar-refractivity contribution in [2.24, 2.45) is 0 Å². The molecule has 6 nitrogen and oxygen atoms in total. The van der Waals surface area contributed by atoms with Gasteiger partial charge in [-0.15, -0.1) is 11.3 Å². The lowest BCUT2D eigenvalue weighted by Crippen LogP contribution is -2.30. The standard InChI is InChI=1S/C11H9BrN2O4S/c1-5-6(2-8(19-5)10(16)17)3-14-4-7(12)9(15)13-11(14)18/h2,4H,3H2,1H3,(H,16,17)(H,13,15,18). The van der Waals surface area contributed by atoms with Gasteiger partial charge < -0.3 is 5.11 Å². The second kappa shape index (κ2) is 5.14. The number of halogens is 1. The summed E-state index contributed by atoms with van der Waals surface area (Å²) in [6.45, 7) is 2.00. The van der Waals surface area contributed by atoms with Gasteiger partial charge in [-0.2, -0.15) is 0 Å². The molecule has 0 spiro atoms. The van der Waals surface area contributed by atoms with Gasteiger partial charge in [0, 0.05) is 11.1 Å². The van der Waals surface area contributed by atoms with E-state index in [2.05, 4.69) is 20.9 Å². The van der Waals surface area contributed by atoms with Crippen LogP contribution in [0.15, 0.2) is 26.3 Å². The van der Waals surface area contributed by atoms with Crippen molar-refractivity contribution in [2.75, 3.05) is 0 Å². The van der Waals surface area contributed by atoms with Crippen LogP contribution in [0.2, 0.25) is 0 Å². The third kappa shape index (κ3) is 2.85. The predicted octanol–water partition coefficient (Wildman–Crippen LogP) is 1.42. The highest BCUT2D eigenvalue weighted by Gasteiger charge is 2.12. The molecular weight excluding hydrogens is 336 g/mol. The summed E-state index contributed by atoms with van der Waals surface area (Å²) >= 11 is 4.20. The van der Waals surface area contributed by atoms with Gasteiger partial charge in [0.05, 0.1) is 11.0 Å². The molecule has 0 aliphatic heterocycles. The summed E-state index contributed by atoms with van der Waals surface area (Å²) in [6.07, 6.45) is 1.39. The Kier molecular flexibility index (Phi) is 3.72. The van der Waals surface area contributed by atoms with E-state index in [1.165, 1.54) is 16.8 Å². The van der Waals surface area contributed by atoms with Gasteiger partial charge in [-0.1, -0.05) is 0 Å². The number of carbonyl (C=O) groups is 1. The SMILES string of the molecule is Cc1sc(C(=O)O)cc1Cn1cc(Br)c(=O)[nH]c1=O. The topological polar surface area (TPSA) is 92.2 Å². The van der Waals surface area contributed by atoms with Crippen LogP contribution in [0, 0.1) is 6.92 Å². The molecule has 0 fully saturated rings. The van der Waals surface area contributed by atoms with Crippen molar-refractivity contribution in [3.8, 4) is 0 Å². The van der Waals surface area contributed by atoms with E-state index in [-0.39, 0.29) is 15.9 Å². The maximum atomic E-state index is 11.6. The summed E-state index contributed by atoms with van der Waals surface area (Å²) < 4.78 is 1.56. The Bertz CT molecular complexity index is 759. The number of aromatic carboxylic acids is 1. The number of nitrogens with zero attached hydrogens (tertiary/aromatic N) is 1. The van der Waals surface area contributed by atoms with Crippen LogP contribution in [-0.2, 0) is 6.54 Å². The predicted molar refractivity (Wildman–Crippen MR) is 74.1 cm³/mol. The van der Waals surface area contributed by atoms with E-state index < -0.39 is 17.2 Å². The molecule has 100 valence electrons. The number of carboxylic acids is 1.